The molecule has 3 aromatic carbocycles. The van der Waals surface area contributed by atoms with E-state index in [2.05, 4.69) is 47.5 Å². The number of primary amides is 1. The minimum atomic E-state index is -4.48. The number of carbonyl (C=O) groups is 10. The van der Waals surface area contributed by atoms with Crippen LogP contribution in [0.15, 0.2) is 85.1 Å². The number of para-hydroxylation sites is 1. The highest BCUT2D eigenvalue weighted by Crippen LogP contribution is 2.39. The second-order valence-electron chi connectivity index (χ2n) is 21.5. The zero-order valence-corrected chi connectivity index (χ0v) is 48.4. The lowest BCUT2D eigenvalue weighted by Gasteiger charge is -2.31. The van der Waals surface area contributed by atoms with Gasteiger partial charge in [0.25, 0.3) is 0 Å². The molecule has 9 amide bonds. The number of thioether (sulfide) groups is 1. The molecule has 1 heterocycles. The number of aromatic nitrogens is 1. The average molecular weight is 1180 g/mol. The molecule has 0 unspecified atom stereocenters. The molecule has 0 saturated heterocycles. The van der Waals surface area contributed by atoms with Crippen molar-refractivity contribution in [2.75, 3.05) is 12.0 Å². The minimum absolute atomic E-state index is 0.0325. The number of rotatable bonds is 32. The van der Waals surface area contributed by atoms with Crippen molar-refractivity contribution in [2.45, 2.75) is 146 Å². The molecule has 14 N–H and O–H groups in total. The lowest BCUT2D eigenvalue weighted by Crippen LogP contribution is -2.63. The molecule has 1 aliphatic rings. The summed E-state index contributed by atoms with van der Waals surface area (Å²) >= 11 is 1.40. The zero-order chi connectivity index (χ0) is 60.5. The molecule has 0 spiro atoms. The Hall–Kier alpha value is -7.60. The van der Waals surface area contributed by atoms with Crippen LogP contribution in [0.25, 0.3) is 10.9 Å². The highest BCUT2D eigenvalue weighted by molar-refractivity contribution is 7.98. The number of nitrogens with one attached hydrogen (secondary N) is 9. The van der Waals surface area contributed by atoms with Crippen LogP contribution in [-0.2, 0) is 77.9 Å². The molecular formula is C56H75N10O14PS. The van der Waals surface area contributed by atoms with Crippen molar-refractivity contribution < 1.29 is 67.4 Å². The molecule has 1 aliphatic carbocycles. The lowest BCUT2D eigenvalue weighted by molar-refractivity contribution is -0.139. The van der Waals surface area contributed by atoms with Gasteiger partial charge in [-0.05, 0) is 92.2 Å². The van der Waals surface area contributed by atoms with Crippen molar-refractivity contribution in [3.63, 3.8) is 0 Å². The molecule has 1 saturated carbocycles. The third-order valence-electron chi connectivity index (χ3n) is 13.6. The Kier molecular flexibility index (Phi) is 23.4. The Balaban J connectivity index is 1.45. The highest BCUT2D eigenvalue weighted by atomic mass is 32.2. The molecule has 0 bridgehead atoms. The van der Waals surface area contributed by atoms with Gasteiger partial charge >= 0.3 is 13.6 Å². The molecule has 4 aromatic rings. The van der Waals surface area contributed by atoms with E-state index in [1.165, 1.54) is 56.8 Å². The van der Waals surface area contributed by atoms with Crippen LogP contribution >= 0.6 is 19.4 Å². The van der Waals surface area contributed by atoms with Gasteiger partial charge in [0.15, 0.2) is 0 Å². The van der Waals surface area contributed by atoms with E-state index >= 15 is 0 Å². The van der Waals surface area contributed by atoms with Crippen LogP contribution in [0.5, 0.6) is 0 Å². The summed E-state index contributed by atoms with van der Waals surface area (Å²) < 4.78 is 11.8. The predicted octanol–water partition coefficient (Wildman–Crippen LogP) is 1.50. The van der Waals surface area contributed by atoms with Crippen molar-refractivity contribution in [1.82, 2.24) is 47.5 Å². The van der Waals surface area contributed by atoms with Gasteiger partial charge in [0.2, 0.25) is 53.2 Å². The van der Waals surface area contributed by atoms with Gasteiger partial charge in [-0.3, -0.25) is 52.5 Å². The van der Waals surface area contributed by atoms with Crippen molar-refractivity contribution >= 4 is 89.4 Å². The summed E-state index contributed by atoms with van der Waals surface area (Å²) in [6, 6.07) is 13.8. The third kappa shape index (κ3) is 20.1. The number of hydrogen-bond donors (Lipinski definition) is 13. The maximum atomic E-state index is 14.9. The fourth-order valence-corrected chi connectivity index (χ4v) is 10.2. The van der Waals surface area contributed by atoms with Gasteiger partial charge < -0.3 is 68.1 Å². The Morgan fingerprint density at radius 3 is 1.76 bits per heavy atom. The molecule has 444 valence electrons. The van der Waals surface area contributed by atoms with E-state index in [1.54, 1.807) is 67.0 Å². The summed E-state index contributed by atoms with van der Waals surface area (Å²) in [5, 5.41) is 31.6. The summed E-state index contributed by atoms with van der Waals surface area (Å²) in [7, 11) is -4.48. The monoisotopic (exact) mass is 1170 g/mol. The van der Waals surface area contributed by atoms with Gasteiger partial charge in [-0.15, -0.1) is 0 Å². The van der Waals surface area contributed by atoms with Gasteiger partial charge in [0.05, 0.1) is 6.16 Å². The molecule has 1 fully saturated rings. The van der Waals surface area contributed by atoms with Crippen LogP contribution in [0.1, 0.15) is 95.4 Å². The van der Waals surface area contributed by atoms with Crippen LogP contribution in [-0.4, -0.2) is 138 Å². The maximum Gasteiger partial charge on any atom is 0.329 e. The average Bonchev–Trinajstić information content (AvgIpc) is 4.22. The van der Waals surface area contributed by atoms with Crippen molar-refractivity contribution in [3.8, 4) is 0 Å². The number of carboxylic acid groups (broad SMARTS) is 1. The number of hydrogen-bond acceptors (Lipinski definition) is 12. The second-order valence-corrected chi connectivity index (χ2v) is 24.1. The number of amides is 9. The summed E-state index contributed by atoms with van der Waals surface area (Å²) in [6.45, 7) is 7.64. The van der Waals surface area contributed by atoms with E-state index in [1.807, 2.05) is 13.8 Å². The van der Waals surface area contributed by atoms with Crippen LogP contribution in [0.3, 0.4) is 0 Å². The summed E-state index contributed by atoms with van der Waals surface area (Å²) in [4.78, 5) is 159. The van der Waals surface area contributed by atoms with E-state index < -0.39 is 133 Å². The number of nitrogens with two attached hydrogens (primary N) is 1. The summed E-state index contributed by atoms with van der Waals surface area (Å²) in [5.41, 5.74) is 4.84. The van der Waals surface area contributed by atoms with E-state index in [0.717, 1.165) is 5.56 Å². The molecule has 0 aliphatic heterocycles. The number of carboxylic acids is 1. The van der Waals surface area contributed by atoms with E-state index in [4.69, 9.17) is 5.73 Å². The van der Waals surface area contributed by atoms with Gasteiger partial charge in [-0.25, -0.2) is 0 Å². The van der Waals surface area contributed by atoms with Gasteiger partial charge in [-0.2, -0.15) is 11.8 Å². The number of H-pyrrole nitrogens is 1. The largest absolute Gasteiger partial charge is 0.481 e. The minimum Gasteiger partial charge on any atom is -0.481 e. The Labute approximate surface area is 479 Å². The van der Waals surface area contributed by atoms with Crippen LogP contribution in [0.4, 0.5) is 0 Å². The smallest absolute Gasteiger partial charge is 0.329 e. The topological polar surface area (TPSA) is 387 Å². The second kappa shape index (κ2) is 29.4. The molecule has 24 nitrogen and oxygen atoms in total. The van der Waals surface area contributed by atoms with Gasteiger partial charge in [-0.1, -0.05) is 86.6 Å². The van der Waals surface area contributed by atoms with Gasteiger partial charge in [0, 0.05) is 49.7 Å². The number of carbonyl (C=O) groups excluding carboxylic acids is 9. The van der Waals surface area contributed by atoms with Crippen molar-refractivity contribution in [1.29, 1.82) is 0 Å². The predicted molar refractivity (Wildman–Crippen MR) is 306 cm³/mol. The fraction of sp³-hybridized carbons (Fsp3) is 0.464. The van der Waals surface area contributed by atoms with E-state index in [9.17, 15) is 67.4 Å². The first kappa shape index (κ1) is 65.2. The van der Waals surface area contributed by atoms with Crippen LogP contribution < -0.4 is 48.3 Å². The number of aromatic amines is 1. The number of fused-ring (bicyclic) bond motifs is 1. The molecule has 26 heteroatoms. The SMILES string of the molecule is CSCC[C@H](NC(=O)[C@H](Cc1ccccc1)NC(C)=O)C(=O)NC(C)(C)C(=O)N[C@@H](Cc1ccc(CP(=O)(O)O)cc1)C(=O)N[C@@H](Cc1c[nH]c2ccccc12)C(=O)N[C@@H](CCC(=O)O)C(=O)NC1(C(=O)N[C@@H](CC(C)C)C(N)=O)CC1. The molecule has 5 rings (SSSR count). The molecular weight excluding hydrogens is 1100 g/mol. The normalized spacial score (nSPS) is 15.0. The van der Waals surface area contributed by atoms with E-state index in [-0.39, 0.29) is 56.4 Å². The Morgan fingerprint density at radius 2 is 1.21 bits per heavy atom. The Morgan fingerprint density at radius 1 is 0.671 bits per heavy atom. The quantitative estimate of drug-likeness (QED) is 0.0308. The maximum absolute atomic E-state index is 14.9. The van der Waals surface area contributed by atoms with Crippen LogP contribution in [0.2, 0.25) is 0 Å². The standard InChI is InChI=1S/C56H75N10O14PS/c1-32(2)26-42(47(57)70)63-54(77)56(23-24-56)66-52(75)40(20-21-46(68)69)60-50(73)45(29-37-30-58-39-15-11-10-14-38(37)39)62-49(72)44(28-35-16-18-36(19-17-35)31-81(78,79)80)64-53(76)55(4,5)65-51(74)41(22-25-82-6)61-48(71)43(59-33(3)67)27-34-12-8-7-9-13-34/h7-19,30,32,40-45,58H,20-29,31H2,1-6H3,(H2,57,70)(H,59,67)(H,60,73)(H,61,71)(H,62,72)(H,63,77)(H,64,76)(H,65,74)(H,66,75)(H,68,69)(H2,78,79,80)/t40-,41-,42-,43-,44-,45-/m0/s1. The first-order chi connectivity index (χ1) is 38.6. The fourth-order valence-electron chi connectivity index (χ4n) is 9.02. The lowest BCUT2D eigenvalue weighted by atomic mass is 9.98. The van der Waals surface area contributed by atoms with Gasteiger partial charge in [0.1, 0.15) is 47.3 Å². The number of benzene rings is 3. The first-order valence-electron chi connectivity index (χ1n) is 26.7. The highest BCUT2D eigenvalue weighted by Gasteiger charge is 2.52. The first-order valence-corrected chi connectivity index (χ1v) is 29.9. The summed E-state index contributed by atoms with van der Waals surface area (Å²) in [6.07, 6.45) is 1.98. The van der Waals surface area contributed by atoms with Crippen molar-refractivity contribution in [2.24, 2.45) is 11.7 Å². The molecule has 82 heavy (non-hydrogen) atoms. The number of aliphatic carboxylic acids is 1. The Bertz CT molecular complexity index is 3000. The summed E-state index contributed by atoms with van der Waals surface area (Å²) in [5.74, 6) is -8.07. The zero-order valence-electron chi connectivity index (χ0n) is 46.7. The third-order valence-corrected chi connectivity index (χ3v) is 15.0. The molecule has 6 atom stereocenters. The molecule has 0 radical (unpaired) electrons. The van der Waals surface area contributed by atoms with Crippen LogP contribution in [0, 0.1) is 5.92 Å². The van der Waals surface area contributed by atoms with E-state index in [0.29, 0.717) is 27.8 Å². The van der Waals surface area contributed by atoms with Crippen molar-refractivity contribution in [3.05, 3.63) is 107 Å². The molecule has 1 aromatic heterocycles.